The van der Waals surface area contributed by atoms with Crippen LogP contribution in [0.2, 0.25) is 0 Å². The Balaban J connectivity index is 1.33. The highest BCUT2D eigenvalue weighted by atomic mass is 32.2. The van der Waals surface area contributed by atoms with E-state index in [1.54, 1.807) is 24.3 Å². The van der Waals surface area contributed by atoms with Crippen LogP contribution in [0.5, 0.6) is 0 Å². The van der Waals surface area contributed by atoms with E-state index in [2.05, 4.69) is 14.8 Å². The Morgan fingerprint density at radius 1 is 1.12 bits per heavy atom. The Morgan fingerprint density at radius 2 is 1.91 bits per heavy atom. The molecule has 0 aliphatic heterocycles. The molecule has 174 valence electrons. The minimum Gasteiger partial charge on any atom is -0.356 e. The molecule has 0 unspecified atom stereocenters. The predicted octanol–water partition coefficient (Wildman–Crippen LogP) is 4.70. The summed E-state index contributed by atoms with van der Waals surface area (Å²) in [5, 5.41) is 13.8. The molecule has 1 N–H and O–H groups in total. The van der Waals surface area contributed by atoms with Crippen LogP contribution in [0.1, 0.15) is 23.2 Å². The molecule has 7 nitrogen and oxygen atoms in total. The van der Waals surface area contributed by atoms with Crippen molar-refractivity contribution in [1.29, 1.82) is 5.26 Å². The summed E-state index contributed by atoms with van der Waals surface area (Å²) in [6.45, 7) is 1.42. The molecule has 0 bridgehead atoms. The monoisotopic (exact) mass is 478 g/mol. The average Bonchev–Trinajstić information content (AvgIpc) is 3.21. The summed E-state index contributed by atoms with van der Waals surface area (Å²) < 4.78 is 46.4. The lowest BCUT2D eigenvalue weighted by Crippen LogP contribution is -2.20. The molecule has 0 atom stereocenters. The second-order valence-electron chi connectivity index (χ2n) is 8.05. The Kier molecular flexibility index (Phi) is 6.91. The van der Waals surface area contributed by atoms with Crippen molar-refractivity contribution in [3.8, 4) is 6.07 Å². The first-order valence-electron chi connectivity index (χ1n) is 10.7. The summed E-state index contributed by atoms with van der Waals surface area (Å²) in [4.78, 5) is 2.23. The van der Waals surface area contributed by atoms with Crippen molar-refractivity contribution in [2.24, 2.45) is 0 Å². The molecule has 1 aromatic heterocycles. The van der Waals surface area contributed by atoms with Gasteiger partial charge in [0, 0.05) is 23.7 Å². The van der Waals surface area contributed by atoms with Gasteiger partial charge in [-0.3, -0.25) is 4.72 Å². The van der Waals surface area contributed by atoms with Gasteiger partial charge in [-0.05, 0) is 80.5 Å². The Bertz CT molecular complexity index is 1440. The predicted molar refractivity (Wildman–Crippen MR) is 127 cm³/mol. The van der Waals surface area contributed by atoms with Crippen molar-refractivity contribution < 1.29 is 17.3 Å². The molecule has 34 heavy (non-hydrogen) atoms. The first kappa shape index (κ1) is 23.4. The van der Waals surface area contributed by atoms with E-state index in [4.69, 9.17) is 9.78 Å². The highest BCUT2D eigenvalue weighted by molar-refractivity contribution is 7.92. The van der Waals surface area contributed by atoms with E-state index in [9.17, 15) is 12.8 Å². The molecule has 9 heteroatoms. The molecule has 0 fully saturated rings. The van der Waals surface area contributed by atoms with E-state index >= 15 is 0 Å². The highest BCUT2D eigenvalue weighted by Gasteiger charge is 2.15. The van der Waals surface area contributed by atoms with Gasteiger partial charge in [-0.15, -0.1) is 0 Å². The fraction of sp³-hybridized carbons (Fsp3) is 0.200. The molecule has 0 spiro atoms. The first-order valence-corrected chi connectivity index (χ1v) is 12.2. The maximum atomic E-state index is 13.3. The lowest BCUT2D eigenvalue weighted by Gasteiger charge is -2.17. The van der Waals surface area contributed by atoms with E-state index in [-0.39, 0.29) is 10.7 Å². The molecular formula is C25H23FN4O3S. The van der Waals surface area contributed by atoms with E-state index in [0.29, 0.717) is 29.8 Å². The van der Waals surface area contributed by atoms with Gasteiger partial charge < -0.3 is 9.42 Å². The highest BCUT2D eigenvalue weighted by Crippen LogP contribution is 2.21. The third kappa shape index (κ3) is 5.60. The number of anilines is 1. The number of hydrogen-bond donors (Lipinski definition) is 1. The zero-order valence-electron chi connectivity index (χ0n) is 18.5. The summed E-state index contributed by atoms with van der Waals surface area (Å²) in [5.74, 6) is -0.351. The Hall–Kier alpha value is -3.74. The van der Waals surface area contributed by atoms with Crippen LogP contribution in [-0.2, 0) is 23.0 Å². The number of nitrogens with one attached hydrogen (secondary N) is 1. The SMILES string of the molecule is CN(CCCc1noc2cc(F)ccc12)Cc1cccc(NS(=O)(=O)c2ccc(C#N)cc2)c1. The average molecular weight is 479 g/mol. The summed E-state index contributed by atoms with van der Waals surface area (Å²) in [6.07, 6.45) is 1.54. The van der Waals surface area contributed by atoms with Crippen molar-refractivity contribution in [2.75, 3.05) is 18.3 Å². The molecule has 0 aliphatic rings. The number of aryl methyl sites for hydroxylation is 1. The Morgan fingerprint density at radius 3 is 2.68 bits per heavy atom. The molecule has 0 radical (unpaired) electrons. The van der Waals surface area contributed by atoms with E-state index in [0.717, 1.165) is 29.6 Å². The normalized spacial score (nSPS) is 11.6. The summed E-state index contributed by atoms with van der Waals surface area (Å²) in [7, 11) is -1.77. The summed E-state index contributed by atoms with van der Waals surface area (Å²) in [5.41, 5.74) is 3.09. The number of benzene rings is 3. The van der Waals surface area contributed by atoms with Gasteiger partial charge in [-0.25, -0.2) is 12.8 Å². The number of hydrogen-bond acceptors (Lipinski definition) is 6. The van der Waals surface area contributed by atoms with E-state index < -0.39 is 10.0 Å². The van der Waals surface area contributed by atoms with Crippen molar-refractivity contribution in [3.05, 3.63) is 89.4 Å². The zero-order valence-corrected chi connectivity index (χ0v) is 19.3. The number of rotatable bonds is 9. The van der Waals surface area contributed by atoms with Gasteiger partial charge in [-0.1, -0.05) is 17.3 Å². The number of nitrogens with zero attached hydrogens (tertiary/aromatic N) is 3. The van der Waals surface area contributed by atoms with Gasteiger partial charge in [0.05, 0.1) is 22.2 Å². The number of fused-ring (bicyclic) bond motifs is 1. The molecule has 1 heterocycles. The van der Waals surface area contributed by atoms with Crippen molar-refractivity contribution in [1.82, 2.24) is 10.1 Å². The number of aromatic nitrogens is 1. The van der Waals surface area contributed by atoms with Gasteiger partial charge in [0.1, 0.15) is 5.82 Å². The van der Waals surface area contributed by atoms with E-state index in [1.165, 1.54) is 36.4 Å². The first-order chi connectivity index (χ1) is 16.3. The van der Waals surface area contributed by atoms with Gasteiger partial charge >= 0.3 is 0 Å². The van der Waals surface area contributed by atoms with E-state index in [1.807, 2.05) is 19.2 Å². The summed E-state index contributed by atoms with van der Waals surface area (Å²) in [6, 6.07) is 19.4. The van der Waals surface area contributed by atoms with Gasteiger partial charge in [0.15, 0.2) is 5.58 Å². The zero-order chi connectivity index (χ0) is 24.1. The molecule has 0 amide bonds. The summed E-state index contributed by atoms with van der Waals surface area (Å²) >= 11 is 0. The lowest BCUT2D eigenvalue weighted by atomic mass is 10.1. The lowest BCUT2D eigenvalue weighted by molar-refractivity contribution is 0.320. The van der Waals surface area contributed by atoms with Crippen LogP contribution in [0.15, 0.2) is 76.1 Å². The smallest absolute Gasteiger partial charge is 0.261 e. The van der Waals surface area contributed by atoms with Gasteiger partial charge in [-0.2, -0.15) is 5.26 Å². The second kappa shape index (κ2) is 10.0. The maximum absolute atomic E-state index is 13.3. The number of halogens is 1. The fourth-order valence-electron chi connectivity index (χ4n) is 3.71. The molecule has 4 rings (SSSR count). The van der Waals surface area contributed by atoms with Crippen LogP contribution in [0.3, 0.4) is 0 Å². The standard InChI is InChI=1S/C25H23FN4O3S/c1-30(13-3-6-24-23-12-9-20(26)15-25(23)33-28-24)17-19-4-2-5-21(14-19)29-34(31,32)22-10-7-18(16-27)8-11-22/h2,4-5,7-12,14-15,29H,3,6,13,17H2,1H3. The minimum atomic E-state index is -3.76. The minimum absolute atomic E-state index is 0.0946. The fourth-order valence-corrected chi connectivity index (χ4v) is 4.76. The molecule has 0 aliphatic carbocycles. The van der Waals surface area contributed by atoms with Crippen molar-refractivity contribution in [3.63, 3.8) is 0 Å². The van der Waals surface area contributed by atoms with Crippen LogP contribution in [0.25, 0.3) is 11.0 Å². The molecule has 0 saturated carbocycles. The molecule has 0 saturated heterocycles. The number of sulfonamides is 1. The van der Waals surface area contributed by atoms with Crippen molar-refractivity contribution in [2.45, 2.75) is 24.3 Å². The quantitative estimate of drug-likeness (QED) is 0.374. The molecule has 3 aromatic carbocycles. The molecular weight excluding hydrogens is 455 g/mol. The third-order valence-corrected chi connectivity index (χ3v) is 6.78. The van der Waals surface area contributed by atoms with Gasteiger partial charge in [0.25, 0.3) is 10.0 Å². The van der Waals surface area contributed by atoms with Crippen LogP contribution in [-0.4, -0.2) is 32.1 Å². The number of nitriles is 1. The topological polar surface area (TPSA) is 99.2 Å². The van der Waals surface area contributed by atoms with Crippen LogP contribution in [0.4, 0.5) is 10.1 Å². The third-order valence-electron chi connectivity index (χ3n) is 5.39. The van der Waals surface area contributed by atoms with Crippen LogP contribution < -0.4 is 4.72 Å². The van der Waals surface area contributed by atoms with Gasteiger partial charge in [0.2, 0.25) is 0 Å². The maximum Gasteiger partial charge on any atom is 0.261 e. The van der Waals surface area contributed by atoms with Crippen molar-refractivity contribution >= 4 is 26.7 Å². The van der Waals surface area contributed by atoms with Crippen LogP contribution >= 0.6 is 0 Å². The second-order valence-corrected chi connectivity index (χ2v) is 9.74. The Labute approximate surface area is 197 Å². The van der Waals surface area contributed by atoms with Crippen LogP contribution in [0, 0.1) is 17.1 Å². The molecule has 4 aromatic rings. The largest absolute Gasteiger partial charge is 0.356 e.